The van der Waals surface area contributed by atoms with Gasteiger partial charge in [0.1, 0.15) is 11.5 Å². The molecule has 0 radical (unpaired) electrons. The zero-order valence-electron chi connectivity index (χ0n) is 13.6. The number of carbonyl (C=O) groups is 1. The van der Waals surface area contributed by atoms with Crippen molar-refractivity contribution in [1.29, 1.82) is 0 Å². The van der Waals surface area contributed by atoms with Crippen molar-refractivity contribution in [3.05, 3.63) is 53.3 Å². The fraction of sp³-hybridized carbons (Fsp3) is 0.235. The Bertz CT molecular complexity index is 724. The van der Waals surface area contributed by atoms with Crippen LogP contribution in [0, 0.1) is 6.92 Å². The number of benzene rings is 1. The molecule has 0 spiro atoms. The first-order valence-electron chi connectivity index (χ1n) is 7.05. The van der Waals surface area contributed by atoms with E-state index in [2.05, 4.69) is 15.5 Å². The van der Waals surface area contributed by atoms with Gasteiger partial charge in [-0.15, -0.1) is 0 Å². The number of nitrogens with one attached hydrogen (secondary N) is 1. The maximum absolute atomic E-state index is 12.0. The van der Waals surface area contributed by atoms with Crippen molar-refractivity contribution in [2.45, 2.75) is 13.8 Å². The summed E-state index contributed by atoms with van der Waals surface area (Å²) in [4.78, 5) is 16.1. The van der Waals surface area contributed by atoms with Crippen molar-refractivity contribution >= 4 is 11.6 Å². The average Bonchev–Trinajstić information content (AvgIpc) is 2.59. The van der Waals surface area contributed by atoms with Gasteiger partial charge in [0.15, 0.2) is 0 Å². The molecule has 1 amide bonds. The van der Waals surface area contributed by atoms with Crippen LogP contribution >= 0.6 is 0 Å². The Balaban J connectivity index is 2.16. The first kappa shape index (κ1) is 16.5. The summed E-state index contributed by atoms with van der Waals surface area (Å²) in [6, 6.07) is 8.88. The fourth-order valence-electron chi connectivity index (χ4n) is 1.96. The number of hydrogen-bond acceptors (Lipinski definition) is 5. The van der Waals surface area contributed by atoms with Crippen LogP contribution in [0.25, 0.3) is 0 Å². The van der Waals surface area contributed by atoms with Crippen LogP contribution in [-0.2, 0) is 0 Å². The maximum Gasteiger partial charge on any atom is 0.272 e. The van der Waals surface area contributed by atoms with E-state index in [0.717, 1.165) is 11.3 Å². The molecule has 6 nitrogen and oxygen atoms in total. The highest BCUT2D eigenvalue weighted by molar-refractivity contribution is 6.02. The van der Waals surface area contributed by atoms with Crippen molar-refractivity contribution in [1.82, 2.24) is 10.4 Å². The highest BCUT2D eigenvalue weighted by Gasteiger charge is 2.09. The third kappa shape index (κ3) is 4.06. The third-order valence-electron chi connectivity index (χ3n) is 3.30. The van der Waals surface area contributed by atoms with E-state index >= 15 is 0 Å². The summed E-state index contributed by atoms with van der Waals surface area (Å²) in [5, 5.41) is 4.13. The number of hydrogen-bond donors (Lipinski definition) is 1. The van der Waals surface area contributed by atoms with Crippen molar-refractivity contribution < 1.29 is 14.3 Å². The molecule has 0 aliphatic carbocycles. The van der Waals surface area contributed by atoms with E-state index in [-0.39, 0.29) is 5.91 Å². The van der Waals surface area contributed by atoms with E-state index in [0.29, 0.717) is 22.8 Å². The number of rotatable bonds is 5. The van der Waals surface area contributed by atoms with Crippen LogP contribution in [-0.4, -0.2) is 30.8 Å². The zero-order chi connectivity index (χ0) is 16.8. The molecule has 2 aromatic rings. The van der Waals surface area contributed by atoms with E-state index < -0.39 is 0 Å². The van der Waals surface area contributed by atoms with E-state index in [4.69, 9.17) is 9.47 Å². The van der Waals surface area contributed by atoms with E-state index in [9.17, 15) is 4.79 Å². The van der Waals surface area contributed by atoms with Gasteiger partial charge in [0.05, 0.1) is 25.5 Å². The van der Waals surface area contributed by atoms with Gasteiger partial charge in [-0.05, 0) is 38.1 Å². The van der Waals surface area contributed by atoms with Gasteiger partial charge in [-0.3, -0.25) is 9.78 Å². The van der Waals surface area contributed by atoms with Gasteiger partial charge in [-0.25, -0.2) is 5.43 Å². The van der Waals surface area contributed by atoms with Crippen LogP contribution in [0.4, 0.5) is 0 Å². The lowest BCUT2D eigenvalue weighted by molar-refractivity contribution is 0.0954. The minimum atomic E-state index is -0.315. The monoisotopic (exact) mass is 313 g/mol. The molecule has 1 N–H and O–H groups in total. The molecule has 0 aliphatic rings. The standard InChI is InChI=1S/C17H19N3O3/c1-11-5-6-13(10-18-11)17(21)20-19-12(2)15-8-7-14(22-3)9-16(15)23-4/h5-10H,1-4H3,(H,20,21). The van der Waals surface area contributed by atoms with Crippen LogP contribution in [0.3, 0.4) is 0 Å². The maximum atomic E-state index is 12.0. The predicted molar refractivity (Wildman–Crippen MR) is 88.2 cm³/mol. The highest BCUT2D eigenvalue weighted by atomic mass is 16.5. The molecule has 0 aliphatic heterocycles. The first-order chi connectivity index (χ1) is 11.0. The molecular formula is C17H19N3O3. The number of pyridine rings is 1. The highest BCUT2D eigenvalue weighted by Crippen LogP contribution is 2.25. The number of nitrogens with zero attached hydrogens (tertiary/aromatic N) is 2. The lowest BCUT2D eigenvalue weighted by Gasteiger charge is -2.10. The molecule has 0 unspecified atom stereocenters. The Labute approximate surface area is 135 Å². The molecule has 2 rings (SSSR count). The van der Waals surface area contributed by atoms with Crippen LogP contribution in [0.1, 0.15) is 28.5 Å². The quantitative estimate of drug-likeness (QED) is 0.680. The van der Waals surface area contributed by atoms with E-state index in [1.165, 1.54) is 6.20 Å². The van der Waals surface area contributed by atoms with Gasteiger partial charge in [0.2, 0.25) is 0 Å². The molecule has 0 saturated heterocycles. The molecule has 6 heteroatoms. The molecule has 0 atom stereocenters. The number of methoxy groups -OCH3 is 2. The molecule has 0 bridgehead atoms. The molecule has 1 aromatic heterocycles. The summed E-state index contributed by atoms with van der Waals surface area (Å²) in [5.74, 6) is 0.995. The Hall–Kier alpha value is -2.89. The number of aryl methyl sites for hydroxylation is 1. The summed E-state index contributed by atoms with van der Waals surface area (Å²) in [7, 11) is 3.16. The minimum Gasteiger partial charge on any atom is -0.497 e. The van der Waals surface area contributed by atoms with Crippen molar-refractivity contribution in [2.75, 3.05) is 14.2 Å². The van der Waals surface area contributed by atoms with Crippen molar-refractivity contribution in [3.8, 4) is 11.5 Å². The number of amides is 1. The number of carbonyl (C=O) groups excluding carboxylic acids is 1. The third-order valence-corrected chi connectivity index (χ3v) is 3.30. The normalized spacial score (nSPS) is 11.0. The molecule has 1 aromatic carbocycles. The van der Waals surface area contributed by atoms with Crippen molar-refractivity contribution in [3.63, 3.8) is 0 Å². The van der Waals surface area contributed by atoms with Gasteiger partial charge in [0, 0.05) is 23.5 Å². The number of ether oxygens (including phenoxy) is 2. The Morgan fingerprint density at radius 1 is 1.17 bits per heavy atom. The van der Waals surface area contributed by atoms with Gasteiger partial charge in [0.25, 0.3) is 5.91 Å². The van der Waals surface area contributed by atoms with Crippen LogP contribution < -0.4 is 14.9 Å². The fourth-order valence-corrected chi connectivity index (χ4v) is 1.96. The smallest absolute Gasteiger partial charge is 0.272 e. The molecule has 0 saturated carbocycles. The van der Waals surface area contributed by atoms with E-state index in [1.54, 1.807) is 39.3 Å². The topological polar surface area (TPSA) is 72.8 Å². The summed E-state index contributed by atoms with van der Waals surface area (Å²) >= 11 is 0. The van der Waals surface area contributed by atoms with Gasteiger partial charge >= 0.3 is 0 Å². The number of hydrazone groups is 1. The van der Waals surface area contributed by atoms with Gasteiger partial charge in [-0.2, -0.15) is 5.10 Å². The summed E-state index contributed by atoms with van der Waals surface area (Å²) in [6.45, 7) is 3.65. The van der Waals surface area contributed by atoms with Crippen LogP contribution in [0.2, 0.25) is 0 Å². The number of aromatic nitrogens is 1. The first-order valence-corrected chi connectivity index (χ1v) is 7.05. The summed E-state index contributed by atoms with van der Waals surface area (Å²) < 4.78 is 10.5. The van der Waals surface area contributed by atoms with Crippen LogP contribution in [0.5, 0.6) is 11.5 Å². The Morgan fingerprint density at radius 3 is 2.57 bits per heavy atom. The second kappa shape index (κ2) is 7.40. The molecular weight excluding hydrogens is 294 g/mol. The van der Waals surface area contributed by atoms with Crippen molar-refractivity contribution in [2.24, 2.45) is 5.10 Å². The van der Waals surface area contributed by atoms with E-state index in [1.807, 2.05) is 19.1 Å². The second-order valence-corrected chi connectivity index (χ2v) is 4.89. The Kier molecular flexibility index (Phi) is 5.30. The molecule has 120 valence electrons. The Morgan fingerprint density at radius 2 is 1.96 bits per heavy atom. The molecule has 0 fully saturated rings. The lowest BCUT2D eigenvalue weighted by Crippen LogP contribution is -2.19. The van der Waals surface area contributed by atoms with Gasteiger partial charge in [-0.1, -0.05) is 0 Å². The average molecular weight is 313 g/mol. The second-order valence-electron chi connectivity index (χ2n) is 4.89. The SMILES string of the molecule is COc1ccc(C(C)=NNC(=O)c2ccc(C)nc2)c(OC)c1. The molecule has 1 heterocycles. The predicted octanol–water partition coefficient (Wildman–Crippen LogP) is 2.56. The zero-order valence-corrected chi connectivity index (χ0v) is 13.6. The molecule has 23 heavy (non-hydrogen) atoms. The summed E-state index contributed by atoms with van der Waals surface area (Å²) in [5.41, 5.74) is 5.22. The van der Waals surface area contributed by atoms with Crippen LogP contribution in [0.15, 0.2) is 41.6 Å². The minimum absolute atomic E-state index is 0.315. The largest absolute Gasteiger partial charge is 0.497 e. The van der Waals surface area contributed by atoms with Gasteiger partial charge < -0.3 is 9.47 Å². The lowest BCUT2D eigenvalue weighted by atomic mass is 10.1. The summed E-state index contributed by atoms with van der Waals surface area (Å²) in [6.07, 6.45) is 1.52.